The number of anilines is 3. The second kappa shape index (κ2) is 8.77. The molecule has 4 rings (SSSR count). The number of imide groups is 1. The van der Waals surface area contributed by atoms with Gasteiger partial charge >= 0.3 is 0 Å². The summed E-state index contributed by atoms with van der Waals surface area (Å²) >= 11 is 6.26. The third-order valence-corrected chi connectivity index (χ3v) is 5.49. The second-order valence-corrected chi connectivity index (χ2v) is 7.85. The van der Waals surface area contributed by atoms with Gasteiger partial charge in [-0.25, -0.2) is 4.90 Å². The number of carbonyl (C=O) groups is 2. The van der Waals surface area contributed by atoms with E-state index in [2.05, 4.69) is 5.32 Å². The lowest BCUT2D eigenvalue weighted by molar-refractivity contribution is -0.120. The number of amides is 2. The molecule has 0 saturated carbocycles. The Labute approximate surface area is 191 Å². The molecule has 0 radical (unpaired) electrons. The van der Waals surface area contributed by atoms with E-state index in [-0.39, 0.29) is 5.70 Å². The predicted molar refractivity (Wildman–Crippen MR) is 128 cm³/mol. The number of hydrogen-bond acceptors (Lipinski definition) is 5. The van der Waals surface area contributed by atoms with Crippen LogP contribution in [0.3, 0.4) is 0 Å². The van der Waals surface area contributed by atoms with Gasteiger partial charge in [-0.2, -0.15) is 0 Å². The monoisotopic (exact) mass is 447 g/mol. The highest BCUT2D eigenvalue weighted by Crippen LogP contribution is 2.36. The van der Waals surface area contributed by atoms with Crippen LogP contribution < -0.4 is 19.9 Å². The molecule has 1 heterocycles. The highest BCUT2D eigenvalue weighted by Gasteiger charge is 2.40. The van der Waals surface area contributed by atoms with E-state index in [4.69, 9.17) is 16.3 Å². The third-order valence-electron chi connectivity index (χ3n) is 5.19. The molecule has 0 saturated heterocycles. The normalized spacial score (nSPS) is 13.6. The van der Waals surface area contributed by atoms with Crippen LogP contribution >= 0.6 is 11.6 Å². The summed E-state index contributed by atoms with van der Waals surface area (Å²) in [6.07, 6.45) is 0. The van der Waals surface area contributed by atoms with E-state index in [0.29, 0.717) is 33.3 Å². The Morgan fingerprint density at radius 3 is 2.19 bits per heavy atom. The number of benzene rings is 3. The van der Waals surface area contributed by atoms with Gasteiger partial charge in [0.1, 0.15) is 11.4 Å². The summed E-state index contributed by atoms with van der Waals surface area (Å²) in [5.74, 6) is -0.410. The molecule has 7 heteroatoms. The zero-order chi connectivity index (χ0) is 22.8. The summed E-state index contributed by atoms with van der Waals surface area (Å²) in [5.41, 5.74) is 3.27. The Bertz CT molecular complexity index is 1200. The minimum atomic E-state index is -0.452. The van der Waals surface area contributed by atoms with Crippen LogP contribution in [0.2, 0.25) is 5.02 Å². The van der Waals surface area contributed by atoms with E-state index < -0.39 is 11.8 Å². The SMILES string of the molecule is COc1ccc(N2C(=O)C(Nc3ccc(N(C)C)cc3)=C(c3ccccc3)C2=O)cc1Cl. The summed E-state index contributed by atoms with van der Waals surface area (Å²) in [6, 6.07) is 21.6. The Morgan fingerprint density at radius 2 is 1.59 bits per heavy atom. The molecule has 3 aromatic rings. The lowest BCUT2D eigenvalue weighted by atomic mass is 10.0. The van der Waals surface area contributed by atoms with Crippen LogP contribution in [0.1, 0.15) is 5.56 Å². The van der Waals surface area contributed by atoms with Gasteiger partial charge in [-0.15, -0.1) is 0 Å². The molecule has 0 atom stereocenters. The first-order chi connectivity index (χ1) is 15.4. The Hall–Kier alpha value is -3.77. The molecule has 1 aliphatic rings. The number of nitrogens with one attached hydrogen (secondary N) is 1. The van der Waals surface area contributed by atoms with E-state index in [0.717, 1.165) is 10.6 Å². The van der Waals surface area contributed by atoms with E-state index in [1.807, 2.05) is 73.6 Å². The van der Waals surface area contributed by atoms with Crippen molar-refractivity contribution in [3.05, 3.63) is 89.1 Å². The zero-order valence-corrected chi connectivity index (χ0v) is 18.7. The predicted octanol–water partition coefficient (Wildman–Crippen LogP) is 4.81. The fraction of sp³-hybridized carbons (Fsp3) is 0.120. The molecule has 3 aromatic carbocycles. The van der Waals surface area contributed by atoms with E-state index >= 15 is 0 Å². The molecule has 0 unspecified atom stereocenters. The van der Waals surface area contributed by atoms with Gasteiger partial charge in [-0.1, -0.05) is 41.9 Å². The maximum absolute atomic E-state index is 13.5. The lowest BCUT2D eigenvalue weighted by Gasteiger charge is -2.17. The van der Waals surface area contributed by atoms with Crippen molar-refractivity contribution in [2.45, 2.75) is 0 Å². The molecule has 2 amide bonds. The minimum Gasteiger partial charge on any atom is -0.495 e. The van der Waals surface area contributed by atoms with Crippen LogP contribution in [0, 0.1) is 0 Å². The summed E-state index contributed by atoms with van der Waals surface area (Å²) < 4.78 is 5.19. The van der Waals surface area contributed by atoms with Gasteiger partial charge in [-0.05, 0) is 48.0 Å². The molecule has 1 N–H and O–H groups in total. The number of halogens is 1. The van der Waals surface area contributed by atoms with Gasteiger partial charge < -0.3 is 15.0 Å². The van der Waals surface area contributed by atoms with Crippen molar-refractivity contribution >= 4 is 46.1 Å². The van der Waals surface area contributed by atoms with Crippen LogP contribution in [0.25, 0.3) is 5.57 Å². The lowest BCUT2D eigenvalue weighted by Crippen LogP contribution is -2.32. The summed E-state index contributed by atoms with van der Waals surface area (Å²) in [6.45, 7) is 0. The van der Waals surface area contributed by atoms with Crippen LogP contribution in [0.15, 0.2) is 78.5 Å². The largest absolute Gasteiger partial charge is 0.495 e. The number of methoxy groups -OCH3 is 1. The van der Waals surface area contributed by atoms with Crippen molar-refractivity contribution in [1.29, 1.82) is 0 Å². The Morgan fingerprint density at radius 1 is 0.906 bits per heavy atom. The van der Waals surface area contributed by atoms with Gasteiger partial charge in [0.05, 0.1) is 23.4 Å². The number of ether oxygens (including phenoxy) is 1. The van der Waals surface area contributed by atoms with Crippen LogP contribution in [0.5, 0.6) is 5.75 Å². The second-order valence-electron chi connectivity index (χ2n) is 7.45. The molecule has 32 heavy (non-hydrogen) atoms. The maximum Gasteiger partial charge on any atom is 0.282 e. The van der Waals surface area contributed by atoms with Crippen molar-refractivity contribution in [2.24, 2.45) is 0 Å². The van der Waals surface area contributed by atoms with Gasteiger partial charge in [-0.3, -0.25) is 9.59 Å². The standard InChI is InChI=1S/C25H22ClN3O3/c1-28(2)18-11-9-17(10-12-18)27-23-22(16-7-5-4-6-8-16)24(30)29(25(23)31)19-13-14-21(32-3)20(26)15-19/h4-15,27H,1-3H3. The summed E-state index contributed by atoms with van der Waals surface area (Å²) in [5, 5.41) is 3.48. The van der Waals surface area contributed by atoms with Crippen LogP contribution in [0.4, 0.5) is 17.1 Å². The zero-order valence-electron chi connectivity index (χ0n) is 17.9. The number of nitrogens with zero attached hydrogens (tertiary/aromatic N) is 2. The highest BCUT2D eigenvalue weighted by molar-refractivity contribution is 6.46. The average Bonchev–Trinajstić information content (AvgIpc) is 3.04. The van der Waals surface area contributed by atoms with Crippen molar-refractivity contribution in [3.8, 4) is 5.75 Å². The third kappa shape index (κ3) is 3.92. The topological polar surface area (TPSA) is 61.9 Å². The number of carbonyl (C=O) groups excluding carboxylic acids is 2. The Balaban J connectivity index is 1.76. The highest BCUT2D eigenvalue weighted by atomic mass is 35.5. The first kappa shape index (κ1) is 21.5. The van der Waals surface area contributed by atoms with E-state index in [1.165, 1.54) is 7.11 Å². The molecule has 0 aliphatic carbocycles. The van der Waals surface area contributed by atoms with E-state index in [9.17, 15) is 9.59 Å². The maximum atomic E-state index is 13.5. The molecular weight excluding hydrogens is 426 g/mol. The van der Waals surface area contributed by atoms with Gasteiger partial charge in [0.25, 0.3) is 11.8 Å². The Kier molecular flexibility index (Phi) is 5.88. The average molecular weight is 448 g/mol. The van der Waals surface area contributed by atoms with E-state index in [1.54, 1.807) is 18.2 Å². The van der Waals surface area contributed by atoms with Crippen molar-refractivity contribution in [1.82, 2.24) is 0 Å². The van der Waals surface area contributed by atoms with Gasteiger partial charge in [0, 0.05) is 25.5 Å². The molecule has 0 fully saturated rings. The van der Waals surface area contributed by atoms with Crippen molar-refractivity contribution in [3.63, 3.8) is 0 Å². The van der Waals surface area contributed by atoms with Gasteiger partial charge in [0.2, 0.25) is 0 Å². The van der Waals surface area contributed by atoms with Gasteiger partial charge in [0.15, 0.2) is 0 Å². The van der Waals surface area contributed by atoms with Crippen LogP contribution in [-0.2, 0) is 9.59 Å². The molecule has 0 spiro atoms. The van der Waals surface area contributed by atoms with Crippen LogP contribution in [-0.4, -0.2) is 33.0 Å². The summed E-state index contributed by atoms with van der Waals surface area (Å²) in [4.78, 5) is 30.0. The first-order valence-corrected chi connectivity index (χ1v) is 10.3. The van der Waals surface area contributed by atoms with Crippen molar-refractivity contribution < 1.29 is 14.3 Å². The molecule has 0 aromatic heterocycles. The smallest absolute Gasteiger partial charge is 0.282 e. The molecule has 6 nitrogen and oxygen atoms in total. The first-order valence-electron chi connectivity index (χ1n) is 9.97. The molecule has 0 bridgehead atoms. The van der Waals surface area contributed by atoms with Crippen molar-refractivity contribution in [2.75, 3.05) is 36.3 Å². The molecule has 1 aliphatic heterocycles. The fourth-order valence-electron chi connectivity index (χ4n) is 3.53. The minimum absolute atomic E-state index is 0.214. The molecular formula is C25H22ClN3O3. The fourth-order valence-corrected chi connectivity index (χ4v) is 3.79. The number of hydrogen-bond donors (Lipinski definition) is 1. The number of rotatable bonds is 6. The summed E-state index contributed by atoms with van der Waals surface area (Å²) in [7, 11) is 5.41. The quantitative estimate of drug-likeness (QED) is 0.549. The molecule has 162 valence electrons.